The molecule has 2 aliphatic rings. The van der Waals surface area contributed by atoms with Crippen LogP contribution in [0.3, 0.4) is 0 Å². The molecule has 0 bridgehead atoms. The van der Waals surface area contributed by atoms with Crippen molar-refractivity contribution in [1.29, 1.82) is 0 Å². The first-order valence-corrected chi connectivity index (χ1v) is 9.02. The van der Waals surface area contributed by atoms with Gasteiger partial charge in [-0.25, -0.2) is 0 Å². The van der Waals surface area contributed by atoms with Gasteiger partial charge in [0.2, 0.25) is 5.91 Å². The second kappa shape index (κ2) is 7.45. The molecule has 1 saturated carbocycles. The zero-order valence-corrected chi connectivity index (χ0v) is 14.0. The van der Waals surface area contributed by atoms with E-state index >= 15 is 0 Å². The minimum absolute atomic E-state index is 0.0729. The van der Waals surface area contributed by atoms with Crippen LogP contribution >= 0.6 is 0 Å². The number of carbonyl (C=O) groups excluding carboxylic acids is 1. The van der Waals surface area contributed by atoms with Gasteiger partial charge in [0.05, 0.1) is 5.54 Å². The summed E-state index contributed by atoms with van der Waals surface area (Å²) in [6.45, 7) is 2.99. The fraction of sp³-hybridized carbons (Fsp3) is 0.632. The van der Waals surface area contributed by atoms with Gasteiger partial charge in [-0.15, -0.1) is 0 Å². The summed E-state index contributed by atoms with van der Waals surface area (Å²) in [7, 11) is 0. The average Bonchev–Trinajstić information content (AvgIpc) is 2.57. The third kappa shape index (κ3) is 4.33. The molecule has 1 unspecified atom stereocenters. The Morgan fingerprint density at radius 1 is 1.17 bits per heavy atom. The monoisotopic (exact) mass is 315 g/mol. The van der Waals surface area contributed by atoms with Crippen LogP contribution in [0.5, 0.6) is 0 Å². The number of piperidine rings is 1. The van der Waals surface area contributed by atoms with E-state index in [-0.39, 0.29) is 11.9 Å². The molecule has 126 valence electrons. The van der Waals surface area contributed by atoms with Crippen molar-refractivity contribution in [2.75, 3.05) is 13.1 Å². The Morgan fingerprint density at radius 2 is 1.91 bits per heavy atom. The summed E-state index contributed by atoms with van der Waals surface area (Å²) in [6.07, 6.45) is 7.23. The molecule has 4 heteroatoms. The lowest BCUT2D eigenvalue weighted by Crippen LogP contribution is -2.59. The summed E-state index contributed by atoms with van der Waals surface area (Å²) < 4.78 is 0. The van der Waals surface area contributed by atoms with E-state index in [1.165, 1.54) is 12.0 Å². The zero-order chi connectivity index (χ0) is 16.1. The highest BCUT2D eigenvalue weighted by molar-refractivity contribution is 5.86. The largest absolute Gasteiger partial charge is 0.350 e. The number of likely N-dealkylation sites (tertiary alicyclic amines) is 1. The maximum absolute atomic E-state index is 12.6. The van der Waals surface area contributed by atoms with Gasteiger partial charge in [0.1, 0.15) is 0 Å². The van der Waals surface area contributed by atoms with Gasteiger partial charge in [-0.1, -0.05) is 49.6 Å². The molecular weight excluding hydrogens is 286 g/mol. The summed E-state index contributed by atoms with van der Waals surface area (Å²) in [6, 6.07) is 10.8. The molecule has 2 fully saturated rings. The van der Waals surface area contributed by atoms with Crippen molar-refractivity contribution in [3.05, 3.63) is 35.9 Å². The lowest BCUT2D eigenvalue weighted by atomic mass is 9.81. The van der Waals surface area contributed by atoms with Gasteiger partial charge in [-0.3, -0.25) is 9.69 Å². The minimum Gasteiger partial charge on any atom is -0.350 e. The molecule has 0 spiro atoms. The molecule has 0 radical (unpaired) electrons. The fourth-order valence-corrected chi connectivity index (χ4v) is 3.90. The Kier molecular flexibility index (Phi) is 5.34. The maximum Gasteiger partial charge on any atom is 0.240 e. The van der Waals surface area contributed by atoms with Gasteiger partial charge in [-0.05, 0) is 37.8 Å². The van der Waals surface area contributed by atoms with Crippen LogP contribution in [0.2, 0.25) is 0 Å². The van der Waals surface area contributed by atoms with E-state index in [4.69, 9.17) is 5.73 Å². The number of nitrogens with one attached hydrogen (secondary N) is 1. The normalized spacial score (nSPS) is 25.0. The van der Waals surface area contributed by atoms with Crippen LogP contribution in [-0.2, 0) is 11.3 Å². The van der Waals surface area contributed by atoms with Gasteiger partial charge < -0.3 is 11.1 Å². The lowest BCUT2D eigenvalue weighted by molar-refractivity contribution is -0.128. The Morgan fingerprint density at radius 3 is 2.65 bits per heavy atom. The first-order valence-electron chi connectivity index (χ1n) is 9.02. The molecular formula is C19H29N3O. The molecule has 3 N–H and O–H groups in total. The first kappa shape index (κ1) is 16.5. The van der Waals surface area contributed by atoms with Gasteiger partial charge in [0.25, 0.3) is 0 Å². The Bertz CT molecular complexity index is 511. The summed E-state index contributed by atoms with van der Waals surface area (Å²) in [5.41, 5.74) is 7.06. The average molecular weight is 315 g/mol. The van der Waals surface area contributed by atoms with Crippen molar-refractivity contribution in [3.8, 4) is 0 Å². The van der Waals surface area contributed by atoms with Crippen LogP contribution < -0.4 is 11.1 Å². The van der Waals surface area contributed by atoms with E-state index < -0.39 is 5.54 Å². The fourth-order valence-electron chi connectivity index (χ4n) is 3.90. The topological polar surface area (TPSA) is 58.4 Å². The standard InChI is InChI=1S/C19H29N3O/c20-19(11-5-2-6-12-19)18(23)21-17-10-7-13-22(15-17)14-16-8-3-1-4-9-16/h1,3-4,8-9,17H,2,5-7,10-15,20H2,(H,21,23). The molecule has 1 aromatic carbocycles. The van der Waals surface area contributed by atoms with E-state index in [1.54, 1.807) is 0 Å². The molecule has 23 heavy (non-hydrogen) atoms. The van der Waals surface area contributed by atoms with E-state index in [1.807, 2.05) is 6.07 Å². The quantitative estimate of drug-likeness (QED) is 0.897. The second-order valence-corrected chi connectivity index (χ2v) is 7.25. The molecule has 3 rings (SSSR count). The molecule has 1 aliphatic carbocycles. The highest BCUT2D eigenvalue weighted by atomic mass is 16.2. The predicted octanol–water partition coefficient (Wildman–Crippen LogP) is 2.43. The highest BCUT2D eigenvalue weighted by Gasteiger charge is 2.36. The van der Waals surface area contributed by atoms with Crippen molar-refractivity contribution in [1.82, 2.24) is 10.2 Å². The SMILES string of the molecule is NC1(C(=O)NC2CCCN(Cc3ccccc3)C2)CCCCC1. The van der Waals surface area contributed by atoms with Crippen LogP contribution in [0.1, 0.15) is 50.5 Å². The van der Waals surface area contributed by atoms with Crippen molar-refractivity contribution < 1.29 is 4.79 Å². The third-order valence-electron chi connectivity index (χ3n) is 5.29. The molecule has 1 atom stereocenters. The van der Waals surface area contributed by atoms with E-state index in [2.05, 4.69) is 34.5 Å². The van der Waals surface area contributed by atoms with Crippen LogP contribution in [0.25, 0.3) is 0 Å². The minimum atomic E-state index is -0.625. The van der Waals surface area contributed by atoms with Gasteiger partial charge >= 0.3 is 0 Å². The lowest BCUT2D eigenvalue weighted by Gasteiger charge is -2.37. The van der Waals surface area contributed by atoms with Gasteiger partial charge in [-0.2, -0.15) is 0 Å². The number of hydrogen-bond donors (Lipinski definition) is 2. The zero-order valence-electron chi connectivity index (χ0n) is 14.0. The van der Waals surface area contributed by atoms with Gasteiger partial charge in [0, 0.05) is 19.1 Å². The molecule has 4 nitrogen and oxygen atoms in total. The summed E-state index contributed by atoms with van der Waals surface area (Å²) in [4.78, 5) is 15.0. The maximum atomic E-state index is 12.6. The van der Waals surface area contributed by atoms with Crippen LogP contribution in [-0.4, -0.2) is 35.5 Å². The number of rotatable bonds is 4. The molecule has 1 aromatic rings. The number of amides is 1. The number of benzene rings is 1. The van der Waals surface area contributed by atoms with Gasteiger partial charge in [0.15, 0.2) is 0 Å². The van der Waals surface area contributed by atoms with Crippen LogP contribution in [0.15, 0.2) is 30.3 Å². The number of nitrogens with zero attached hydrogens (tertiary/aromatic N) is 1. The number of carbonyl (C=O) groups is 1. The molecule has 0 aromatic heterocycles. The van der Waals surface area contributed by atoms with Crippen molar-refractivity contribution in [3.63, 3.8) is 0 Å². The molecule has 1 aliphatic heterocycles. The molecule has 1 heterocycles. The molecule has 1 amide bonds. The van der Waals surface area contributed by atoms with E-state index in [9.17, 15) is 4.79 Å². The number of hydrogen-bond acceptors (Lipinski definition) is 3. The predicted molar refractivity (Wildman–Crippen MR) is 92.9 cm³/mol. The van der Waals surface area contributed by atoms with Crippen LogP contribution in [0.4, 0.5) is 0 Å². The number of nitrogens with two attached hydrogens (primary N) is 1. The smallest absolute Gasteiger partial charge is 0.240 e. The summed E-state index contributed by atoms with van der Waals surface area (Å²) in [5.74, 6) is 0.0729. The highest BCUT2D eigenvalue weighted by Crippen LogP contribution is 2.26. The van der Waals surface area contributed by atoms with E-state index in [0.29, 0.717) is 0 Å². The first-order chi connectivity index (χ1) is 11.2. The van der Waals surface area contributed by atoms with Crippen molar-refractivity contribution in [2.45, 2.75) is 63.1 Å². The summed E-state index contributed by atoms with van der Waals surface area (Å²) in [5, 5.41) is 3.24. The third-order valence-corrected chi connectivity index (χ3v) is 5.29. The Hall–Kier alpha value is -1.39. The Balaban J connectivity index is 1.53. The molecule has 1 saturated heterocycles. The van der Waals surface area contributed by atoms with E-state index in [0.717, 1.165) is 58.2 Å². The second-order valence-electron chi connectivity index (χ2n) is 7.25. The van der Waals surface area contributed by atoms with Crippen molar-refractivity contribution in [2.24, 2.45) is 5.73 Å². The Labute approximate surface area is 139 Å². The van der Waals surface area contributed by atoms with Crippen molar-refractivity contribution >= 4 is 5.91 Å². The van der Waals surface area contributed by atoms with Crippen LogP contribution in [0, 0.1) is 0 Å². The summed E-state index contributed by atoms with van der Waals surface area (Å²) >= 11 is 0.